The van der Waals surface area contributed by atoms with Gasteiger partial charge in [-0.05, 0) is 19.3 Å². The summed E-state index contributed by atoms with van der Waals surface area (Å²) in [6, 6.07) is 0. The molecule has 0 saturated carbocycles. The standard InChI is InChI=1S/C12H22N2O2S/c1-3-5-10(11(13)17)12(15)14(2)8-9-6-4-7-16-9/h9-10H,3-8H2,1-2H3,(H2,13,17). The van der Waals surface area contributed by atoms with Crippen molar-refractivity contribution in [3.63, 3.8) is 0 Å². The topological polar surface area (TPSA) is 55.6 Å². The molecular weight excluding hydrogens is 236 g/mol. The van der Waals surface area contributed by atoms with Crippen molar-refractivity contribution in [2.24, 2.45) is 11.7 Å². The van der Waals surface area contributed by atoms with Crippen molar-refractivity contribution in [1.82, 2.24) is 4.90 Å². The number of amides is 1. The zero-order chi connectivity index (χ0) is 12.8. The molecule has 1 aliphatic rings. The number of likely N-dealkylation sites (N-methyl/N-ethyl adjacent to an activating group) is 1. The predicted octanol–water partition coefficient (Wildman–Crippen LogP) is 1.33. The minimum Gasteiger partial charge on any atom is -0.393 e. The fourth-order valence-corrected chi connectivity index (χ4v) is 2.34. The lowest BCUT2D eigenvalue weighted by Crippen LogP contribution is -2.42. The largest absolute Gasteiger partial charge is 0.393 e. The first kappa shape index (κ1) is 14.4. The maximum Gasteiger partial charge on any atom is 0.232 e. The maximum absolute atomic E-state index is 12.2. The number of thiocarbonyl (C=S) groups is 1. The van der Waals surface area contributed by atoms with Crippen LogP contribution in [0.5, 0.6) is 0 Å². The Labute approximate surface area is 108 Å². The van der Waals surface area contributed by atoms with Crippen LogP contribution in [0.15, 0.2) is 0 Å². The number of hydrogen-bond acceptors (Lipinski definition) is 3. The van der Waals surface area contributed by atoms with E-state index >= 15 is 0 Å². The van der Waals surface area contributed by atoms with Gasteiger partial charge in [0.15, 0.2) is 0 Å². The number of hydrogen-bond donors (Lipinski definition) is 1. The molecule has 0 spiro atoms. The fourth-order valence-electron chi connectivity index (χ4n) is 2.13. The lowest BCUT2D eigenvalue weighted by atomic mass is 10.0. The first-order valence-corrected chi connectivity index (χ1v) is 6.63. The Hall–Kier alpha value is -0.680. The summed E-state index contributed by atoms with van der Waals surface area (Å²) in [4.78, 5) is 14.2. The Balaban J connectivity index is 2.50. The molecule has 98 valence electrons. The van der Waals surface area contributed by atoms with Crippen molar-refractivity contribution in [2.75, 3.05) is 20.2 Å². The minimum atomic E-state index is -0.318. The van der Waals surface area contributed by atoms with Gasteiger partial charge in [0, 0.05) is 20.2 Å². The van der Waals surface area contributed by atoms with E-state index in [9.17, 15) is 4.79 Å². The van der Waals surface area contributed by atoms with Crippen LogP contribution in [0.4, 0.5) is 0 Å². The molecule has 1 amide bonds. The maximum atomic E-state index is 12.2. The van der Waals surface area contributed by atoms with Gasteiger partial charge >= 0.3 is 0 Å². The normalized spacial score (nSPS) is 21.2. The summed E-state index contributed by atoms with van der Waals surface area (Å²) in [5.74, 6) is -0.295. The molecule has 2 N–H and O–H groups in total. The summed E-state index contributed by atoms with van der Waals surface area (Å²) in [5, 5.41) is 0. The van der Waals surface area contributed by atoms with E-state index in [0.29, 0.717) is 11.5 Å². The molecule has 2 atom stereocenters. The number of nitrogens with zero attached hydrogens (tertiary/aromatic N) is 1. The molecule has 0 aromatic rings. The average Bonchev–Trinajstić information content (AvgIpc) is 2.77. The summed E-state index contributed by atoms with van der Waals surface area (Å²) in [6.07, 6.45) is 3.92. The Kier molecular flexibility index (Phi) is 5.85. The number of carbonyl (C=O) groups is 1. The molecule has 0 aromatic carbocycles. The van der Waals surface area contributed by atoms with E-state index < -0.39 is 0 Å². The van der Waals surface area contributed by atoms with Gasteiger partial charge in [0.2, 0.25) is 5.91 Å². The van der Waals surface area contributed by atoms with E-state index in [1.807, 2.05) is 6.92 Å². The van der Waals surface area contributed by atoms with Crippen molar-refractivity contribution in [1.29, 1.82) is 0 Å². The van der Waals surface area contributed by atoms with E-state index in [1.54, 1.807) is 11.9 Å². The monoisotopic (exact) mass is 258 g/mol. The number of carbonyl (C=O) groups excluding carboxylic acids is 1. The lowest BCUT2D eigenvalue weighted by Gasteiger charge is -2.25. The van der Waals surface area contributed by atoms with Crippen molar-refractivity contribution < 1.29 is 9.53 Å². The number of ether oxygens (including phenoxy) is 1. The van der Waals surface area contributed by atoms with Crippen LogP contribution in [-0.4, -0.2) is 42.1 Å². The van der Waals surface area contributed by atoms with E-state index in [1.165, 1.54) is 0 Å². The van der Waals surface area contributed by atoms with Crippen LogP contribution in [0.2, 0.25) is 0 Å². The summed E-state index contributed by atoms with van der Waals surface area (Å²) in [5.41, 5.74) is 5.62. The highest BCUT2D eigenvalue weighted by molar-refractivity contribution is 7.80. The van der Waals surface area contributed by atoms with Crippen LogP contribution in [0.25, 0.3) is 0 Å². The molecule has 0 aliphatic carbocycles. The molecule has 1 aliphatic heterocycles. The minimum absolute atomic E-state index is 0.0230. The van der Waals surface area contributed by atoms with Gasteiger partial charge in [-0.2, -0.15) is 0 Å². The van der Waals surface area contributed by atoms with Gasteiger partial charge in [0.1, 0.15) is 0 Å². The summed E-state index contributed by atoms with van der Waals surface area (Å²) < 4.78 is 5.52. The highest BCUT2D eigenvalue weighted by atomic mass is 32.1. The van der Waals surface area contributed by atoms with Crippen LogP contribution in [0.1, 0.15) is 32.6 Å². The molecule has 1 saturated heterocycles. The third kappa shape index (κ3) is 4.24. The summed E-state index contributed by atoms with van der Waals surface area (Å²) >= 11 is 4.96. The molecule has 0 aromatic heterocycles. The van der Waals surface area contributed by atoms with Gasteiger partial charge in [-0.3, -0.25) is 4.79 Å². The molecule has 4 nitrogen and oxygen atoms in total. The Morgan fingerprint density at radius 3 is 2.82 bits per heavy atom. The lowest BCUT2D eigenvalue weighted by molar-refractivity contribution is -0.133. The summed E-state index contributed by atoms with van der Waals surface area (Å²) in [6.45, 7) is 3.47. The van der Waals surface area contributed by atoms with Crippen LogP contribution in [0.3, 0.4) is 0 Å². The van der Waals surface area contributed by atoms with Crippen molar-refractivity contribution in [2.45, 2.75) is 38.7 Å². The molecule has 2 unspecified atom stereocenters. The first-order valence-electron chi connectivity index (χ1n) is 6.22. The van der Waals surface area contributed by atoms with E-state index in [0.717, 1.165) is 32.3 Å². The third-order valence-corrected chi connectivity index (χ3v) is 3.38. The zero-order valence-corrected chi connectivity index (χ0v) is 11.5. The van der Waals surface area contributed by atoms with Gasteiger partial charge in [0.05, 0.1) is 17.0 Å². The number of rotatable bonds is 6. The second kappa shape index (κ2) is 6.91. The Bertz CT molecular complexity index is 278. The molecule has 1 rings (SSSR count). The molecule has 1 heterocycles. The van der Waals surface area contributed by atoms with Crippen LogP contribution < -0.4 is 5.73 Å². The molecule has 0 radical (unpaired) electrons. The highest BCUT2D eigenvalue weighted by Gasteiger charge is 2.26. The average molecular weight is 258 g/mol. The van der Waals surface area contributed by atoms with Crippen molar-refractivity contribution in [3.05, 3.63) is 0 Å². The molecule has 17 heavy (non-hydrogen) atoms. The molecule has 0 bridgehead atoms. The van der Waals surface area contributed by atoms with Gasteiger partial charge in [-0.1, -0.05) is 25.6 Å². The number of nitrogens with two attached hydrogens (primary N) is 1. The predicted molar refractivity (Wildman–Crippen MR) is 71.8 cm³/mol. The SMILES string of the molecule is CCCC(C(=O)N(C)CC1CCCO1)C(N)=S. The van der Waals surface area contributed by atoms with Crippen molar-refractivity contribution in [3.8, 4) is 0 Å². The quantitative estimate of drug-likeness (QED) is 0.730. The van der Waals surface area contributed by atoms with Gasteiger partial charge < -0.3 is 15.4 Å². The first-order chi connectivity index (χ1) is 8.06. The Morgan fingerprint density at radius 2 is 2.35 bits per heavy atom. The molecular formula is C12H22N2O2S. The van der Waals surface area contributed by atoms with E-state index in [-0.39, 0.29) is 17.9 Å². The van der Waals surface area contributed by atoms with Gasteiger partial charge in [-0.25, -0.2) is 0 Å². The second-order valence-electron chi connectivity index (χ2n) is 4.60. The van der Waals surface area contributed by atoms with Crippen molar-refractivity contribution >= 4 is 23.1 Å². The van der Waals surface area contributed by atoms with Gasteiger partial charge in [0.25, 0.3) is 0 Å². The molecule has 5 heteroatoms. The smallest absolute Gasteiger partial charge is 0.232 e. The van der Waals surface area contributed by atoms with E-state index in [2.05, 4.69) is 0 Å². The van der Waals surface area contributed by atoms with Crippen LogP contribution in [0, 0.1) is 5.92 Å². The second-order valence-corrected chi connectivity index (χ2v) is 5.07. The fraction of sp³-hybridized carbons (Fsp3) is 0.833. The zero-order valence-electron chi connectivity index (χ0n) is 10.6. The molecule has 1 fully saturated rings. The van der Waals surface area contributed by atoms with Crippen LogP contribution >= 0.6 is 12.2 Å². The Morgan fingerprint density at radius 1 is 1.65 bits per heavy atom. The van der Waals surface area contributed by atoms with E-state index in [4.69, 9.17) is 22.7 Å². The third-order valence-electron chi connectivity index (χ3n) is 3.10. The van der Waals surface area contributed by atoms with Crippen LogP contribution in [-0.2, 0) is 9.53 Å². The summed E-state index contributed by atoms with van der Waals surface area (Å²) in [7, 11) is 1.80. The van der Waals surface area contributed by atoms with Gasteiger partial charge in [-0.15, -0.1) is 0 Å². The highest BCUT2D eigenvalue weighted by Crippen LogP contribution is 2.15.